The molecule has 258 valence electrons. The number of carbonyl (C=O) groups is 3. The number of carbonyl (C=O) groups excluding carboxylic acids is 3. The summed E-state index contributed by atoms with van der Waals surface area (Å²) in [5.74, 6) is -0.486. The SMILES string of the molecule is CC(C)(C)CCNC(=O)OCCOCCOCCOCCOCCOCCOCCOCCN1C(=O)CC(C(C)(C)C)C1=O. The van der Waals surface area contributed by atoms with E-state index in [1.807, 2.05) is 20.8 Å². The van der Waals surface area contributed by atoms with Crippen LogP contribution in [0.3, 0.4) is 0 Å². The lowest BCUT2D eigenvalue weighted by molar-refractivity contribution is -0.141. The van der Waals surface area contributed by atoms with Crippen LogP contribution in [0.4, 0.5) is 4.79 Å². The molecule has 0 aromatic rings. The van der Waals surface area contributed by atoms with Crippen LogP contribution >= 0.6 is 0 Å². The zero-order valence-electron chi connectivity index (χ0n) is 28.0. The van der Waals surface area contributed by atoms with Crippen LogP contribution in [0.15, 0.2) is 0 Å². The highest BCUT2D eigenvalue weighted by atomic mass is 16.6. The van der Waals surface area contributed by atoms with Crippen LogP contribution in [-0.2, 0) is 47.5 Å². The Morgan fingerprint density at radius 1 is 0.659 bits per heavy atom. The van der Waals surface area contributed by atoms with Gasteiger partial charge in [-0.1, -0.05) is 41.5 Å². The fraction of sp³-hybridized carbons (Fsp3) is 0.903. The lowest BCUT2D eigenvalue weighted by Gasteiger charge is -2.24. The lowest BCUT2D eigenvalue weighted by atomic mass is 9.80. The molecule has 13 heteroatoms. The molecule has 1 fully saturated rings. The number of nitrogens with zero attached hydrogens (tertiary/aromatic N) is 1. The first-order valence-electron chi connectivity index (χ1n) is 15.7. The Labute approximate surface area is 263 Å². The van der Waals surface area contributed by atoms with Gasteiger partial charge in [0.05, 0.1) is 105 Å². The van der Waals surface area contributed by atoms with Gasteiger partial charge in [0.25, 0.3) is 0 Å². The molecule has 0 aromatic heterocycles. The molecule has 1 atom stereocenters. The van der Waals surface area contributed by atoms with E-state index < -0.39 is 6.09 Å². The van der Waals surface area contributed by atoms with E-state index in [0.717, 1.165) is 6.42 Å². The van der Waals surface area contributed by atoms with Crippen LogP contribution in [0.25, 0.3) is 0 Å². The van der Waals surface area contributed by atoms with E-state index in [-0.39, 0.29) is 48.1 Å². The predicted octanol–water partition coefficient (Wildman–Crippen LogP) is 2.69. The zero-order chi connectivity index (χ0) is 32.7. The Hall–Kier alpha value is -1.87. The molecule has 1 unspecified atom stereocenters. The standard InChI is InChI=1S/C31H58N2O11/c1-30(2,3)7-8-32-29(36)44-24-23-43-22-21-42-20-19-41-18-17-40-16-15-39-14-13-38-12-11-37-10-9-33-27(34)25-26(28(33)35)31(4,5)6/h26H,7-25H2,1-6H3,(H,32,36). The van der Waals surface area contributed by atoms with E-state index in [2.05, 4.69) is 26.1 Å². The van der Waals surface area contributed by atoms with Crippen molar-refractivity contribution >= 4 is 17.9 Å². The van der Waals surface area contributed by atoms with Gasteiger partial charge in [-0.25, -0.2) is 4.79 Å². The van der Waals surface area contributed by atoms with Crippen molar-refractivity contribution in [2.24, 2.45) is 16.7 Å². The van der Waals surface area contributed by atoms with Crippen molar-refractivity contribution in [1.29, 1.82) is 0 Å². The number of nitrogens with one attached hydrogen (secondary N) is 1. The second-order valence-electron chi connectivity index (χ2n) is 12.7. The molecule has 1 aliphatic rings. The fourth-order valence-electron chi connectivity index (χ4n) is 3.96. The molecule has 44 heavy (non-hydrogen) atoms. The minimum atomic E-state index is -0.424. The molecule has 0 aromatic carbocycles. The summed E-state index contributed by atoms with van der Waals surface area (Å²) in [6, 6.07) is 0. The maximum atomic E-state index is 12.4. The van der Waals surface area contributed by atoms with E-state index in [0.29, 0.717) is 99.0 Å². The molecule has 3 amide bonds. The lowest BCUT2D eigenvalue weighted by Crippen LogP contribution is -2.36. The first-order chi connectivity index (χ1) is 20.9. The number of amides is 3. The number of hydrogen-bond donors (Lipinski definition) is 1. The second-order valence-corrected chi connectivity index (χ2v) is 12.7. The summed E-state index contributed by atoms with van der Waals surface area (Å²) in [4.78, 5) is 37.4. The van der Waals surface area contributed by atoms with Gasteiger partial charge in [0, 0.05) is 13.0 Å². The van der Waals surface area contributed by atoms with E-state index in [9.17, 15) is 14.4 Å². The van der Waals surface area contributed by atoms with Crippen molar-refractivity contribution in [2.45, 2.75) is 54.4 Å². The Morgan fingerprint density at radius 2 is 1.05 bits per heavy atom. The van der Waals surface area contributed by atoms with Gasteiger partial charge in [0.1, 0.15) is 6.61 Å². The smallest absolute Gasteiger partial charge is 0.407 e. The Balaban J connectivity index is 1.75. The van der Waals surface area contributed by atoms with Crippen molar-refractivity contribution in [2.75, 3.05) is 112 Å². The number of hydrogen-bond acceptors (Lipinski definition) is 11. The number of ether oxygens (including phenoxy) is 8. The van der Waals surface area contributed by atoms with Crippen LogP contribution in [-0.4, -0.2) is 135 Å². The van der Waals surface area contributed by atoms with E-state index in [4.69, 9.17) is 37.9 Å². The van der Waals surface area contributed by atoms with Gasteiger partial charge in [-0.2, -0.15) is 0 Å². The fourth-order valence-corrected chi connectivity index (χ4v) is 3.96. The minimum Gasteiger partial charge on any atom is -0.447 e. The van der Waals surface area contributed by atoms with Crippen LogP contribution in [0.1, 0.15) is 54.4 Å². The van der Waals surface area contributed by atoms with Crippen LogP contribution in [0.2, 0.25) is 0 Å². The molecule has 1 saturated heterocycles. The Bertz CT molecular complexity index is 784. The average molecular weight is 635 g/mol. The summed E-state index contributed by atoms with van der Waals surface area (Å²) in [6.45, 7) is 19.3. The maximum Gasteiger partial charge on any atom is 0.407 e. The molecule has 0 aliphatic carbocycles. The third-order valence-corrected chi connectivity index (χ3v) is 6.59. The van der Waals surface area contributed by atoms with E-state index >= 15 is 0 Å². The highest BCUT2D eigenvalue weighted by molar-refractivity contribution is 6.03. The van der Waals surface area contributed by atoms with Gasteiger partial charge in [-0.3, -0.25) is 14.5 Å². The molecule has 1 heterocycles. The summed E-state index contributed by atoms with van der Waals surface area (Å²) in [7, 11) is 0. The molecule has 1 N–H and O–H groups in total. The third-order valence-electron chi connectivity index (χ3n) is 6.59. The number of imide groups is 1. The van der Waals surface area contributed by atoms with Gasteiger partial charge in [0.15, 0.2) is 0 Å². The predicted molar refractivity (Wildman–Crippen MR) is 163 cm³/mol. The Morgan fingerprint density at radius 3 is 1.41 bits per heavy atom. The molecule has 1 aliphatic heterocycles. The number of likely N-dealkylation sites (tertiary alicyclic amines) is 1. The van der Waals surface area contributed by atoms with Crippen molar-refractivity contribution in [3.05, 3.63) is 0 Å². The highest BCUT2D eigenvalue weighted by Gasteiger charge is 2.44. The summed E-state index contributed by atoms with van der Waals surface area (Å²) in [5, 5.41) is 2.72. The monoisotopic (exact) mass is 634 g/mol. The summed E-state index contributed by atoms with van der Waals surface area (Å²) < 4.78 is 43.2. The number of rotatable bonds is 26. The normalized spacial score (nSPS) is 15.8. The first-order valence-corrected chi connectivity index (χ1v) is 15.7. The van der Waals surface area contributed by atoms with Crippen molar-refractivity contribution in [3.8, 4) is 0 Å². The molecular weight excluding hydrogens is 576 g/mol. The van der Waals surface area contributed by atoms with Crippen molar-refractivity contribution in [1.82, 2.24) is 10.2 Å². The van der Waals surface area contributed by atoms with Gasteiger partial charge in [-0.15, -0.1) is 0 Å². The van der Waals surface area contributed by atoms with E-state index in [1.54, 1.807) is 0 Å². The van der Waals surface area contributed by atoms with Crippen molar-refractivity contribution in [3.63, 3.8) is 0 Å². The Kier molecular flexibility index (Phi) is 21.4. The largest absolute Gasteiger partial charge is 0.447 e. The van der Waals surface area contributed by atoms with Gasteiger partial charge in [-0.05, 0) is 17.3 Å². The molecule has 13 nitrogen and oxygen atoms in total. The summed E-state index contributed by atoms with van der Waals surface area (Å²) in [6.07, 6.45) is 0.736. The highest BCUT2D eigenvalue weighted by Crippen LogP contribution is 2.35. The van der Waals surface area contributed by atoms with Gasteiger partial charge >= 0.3 is 6.09 Å². The average Bonchev–Trinajstić information content (AvgIpc) is 3.23. The number of alkyl carbamates (subject to hydrolysis) is 1. The third kappa shape index (κ3) is 21.0. The molecular formula is C31H58N2O11. The molecule has 0 bridgehead atoms. The first kappa shape index (κ1) is 40.2. The topological polar surface area (TPSA) is 140 Å². The van der Waals surface area contributed by atoms with Gasteiger partial charge < -0.3 is 43.2 Å². The van der Waals surface area contributed by atoms with Crippen LogP contribution < -0.4 is 5.32 Å². The zero-order valence-corrected chi connectivity index (χ0v) is 28.0. The van der Waals surface area contributed by atoms with Crippen molar-refractivity contribution < 1.29 is 52.3 Å². The molecule has 0 saturated carbocycles. The maximum absolute atomic E-state index is 12.4. The quantitative estimate of drug-likeness (QED) is 0.111. The van der Waals surface area contributed by atoms with E-state index in [1.165, 1.54) is 4.90 Å². The van der Waals surface area contributed by atoms with Crippen LogP contribution in [0, 0.1) is 16.7 Å². The second kappa shape index (κ2) is 23.5. The molecule has 0 radical (unpaired) electrons. The molecule has 0 spiro atoms. The molecule has 1 rings (SSSR count). The minimum absolute atomic E-state index is 0.103. The summed E-state index contributed by atoms with van der Waals surface area (Å²) >= 11 is 0. The summed E-state index contributed by atoms with van der Waals surface area (Å²) in [5.41, 5.74) is -0.0522. The van der Waals surface area contributed by atoms with Crippen LogP contribution in [0.5, 0.6) is 0 Å². The van der Waals surface area contributed by atoms with Gasteiger partial charge in [0.2, 0.25) is 11.8 Å².